The lowest BCUT2D eigenvalue weighted by atomic mass is 9.94. The Hall–Kier alpha value is -5.62. The molecule has 1 aliphatic carbocycles. The maximum atomic E-state index is 15.1. The van der Waals surface area contributed by atoms with Gasteiger partial charge < -0.3 is 20.3 Å². The first-order valence-electron chi connectivity index (χ1n) is 14.8. The minimum Gasteiger partial charge on any atom is -0.479 e. The highest BCUT2D eigenvalue weighted by atomic mass is 19.1. The van der Waals surface area contributed by atoms with E-state index in [1.54, 1.807) is 54.6 Å². The van der Waals surface area contributed by atoms with Crippen molar-refractivity contribution in [1.82, 2.24) is 25.2 Å². The van der Waals surface area contributed by atoms with Crippen LogP contribution in [-0.2, 0) is 33.9 Å². The van der Waals surface area contributed by atoms with Gasteiger partial charge in [-0.05, 0) is 65.8 Å². The SMILES string of the molecule is O=C(O)C(Cc1ccccc1)(OCc1[nH]nc2cc(-n3nnc4c(F)cc(NCc5ccccc5C5CC5)cc43)ccc12)C(=O)O. The highest BCUT2D eigenvalue weighted by Crippen LogP contribution is 2.41. The summed E-state index contributed by atoms with van der Waals surface area (Å²) in [5, 5.41) is 39.2. The zero-order valence-corrected chi connectivity index (χ0v) is 24.5. The Bertz CT molecular complexity index is 2070. The van der Waals surface area contributed by atoms with Gasteiger partial charge in [0.15, 0.2) is 5.82 Å². The summed E-state index contributed by atoms with van der Waals surface area (Å²) in [4.78, 5) is 24.4. The molecule has 46 heavy (non-hydrogen) atoms. The van der Waals surface area contributed by atoms with E-state index in [0.29, 0.717) is 51.5 Å². The molecule has 7 rings (SSSR count). The van der Waals surface area contributed by atoms with Crippen LogP contribution in [0.4, 0.5) is 10.1 Å². The Morgan fingerprint density at radius 3 is 2.52 bits per heavy atom. The number of benzene rings is 4. The normalized spacial score (nSPS) is 13.3. The molecule has 0 unspecified atom stereocenters. The van der Waals surface area contributed by atoms with Gasteiger partial charge >= 0.3 is 11.9 Å². The van der Waals surface area contributed by atoms with E-state index in [-0.39, 0.29) is 18.5 Å². The van der Waals surface area contributed by atoms with Crippen molar-refractivity contribution < 1.29 is 28.9 Å². The van der Waals surface area contributed by atoms with Gasteiger partial charge in [0.25, 0.3) is 5.60 Å². The molecule has 6 aromatic rings. The first-order chi connectivity index (χ1) is 22.3. The Labute approximate surface area is 261 Å². The van der Waals surface area contributed by atoms with Crippen LogP contribution in [0.25, 0.3) is 27.6 Å². The highest BCUT2D eigenvalue weighted by molar-refractivity contribution is 6.02. The average Bonchev–Trinajstić information content (AvgIpc) is 3.69. The van der Waals surface area contributed by atoms with Gasteiger partial charge in [-0.1, -0.05) is 59.8 Å². The van der Waals surface area contributed by atoms with Crippen molar-refractivity contribution in [2.75, 3.05) is 5.32 Å². The van der Waals surface area contributed by atoms with Crippen molar-refractivity contribution in [3.05, 3.63) is 113 Å². The molecule has 0 spiro atoms. The zero-order valence-electron chi connectivity index (χ0n) is 24.5. The molecule has 0 bridgehead atoms. The van der Waals surface area contributed by atoms with E-state index in [0.717, 1.165) is 0 Å². The number of nitrogens with one attached hydrogen (secondary N) is 2. The Morgan fingerprint density at radius 2 is 1.76 bits per heavy atom. The third-order valence-corrected chi connectivity index (χ3v) is 8.37. The van der Waals surface area contributed by atoms with Crippen LogP contribution >= 0.6 is 0 Å². The summed E-state index contributed by atoms with van der Waals surface area (Å²) in [6.07, 6.45) is 2.02. The Kier molecular flexibility index (Phi) is 7.41. The van der Waals surface area contributed by atoms with Crippen LogP contribution in [0, 0.1) is 5.82 Å². The molecule has 1 fully saturated rings. The van der Waals surface area contributed by atoms with E-state index in [1.807, 2.05) is 12.1 Å². The van der Waals surface area contributed by atoms with Gasteiger partial charge in [0.1, 0.15) is 5.52 Å². The van der Waals surface area contributed by atoms with E-state index in [4.69, 9.17) is 4.74 Å². The summed E-state index contributed by atoms with van der Waals surface area (Å²) in [7, 11) is 0. The first-order valence-corrected chi connectivity index (χ1v) is 14.8. The number of anilines is 1. The van der Waals surface area contributed by atoms with Crippen LogP contribution in [-0.4, -0.2) is 52.9 Å². The largest absolute Gasteiger partial charge is 0.479 e. The third kappa shape index (κ3) is 5.43. The summed E-state index contributed by atoms with van der Waals surface area (Å²) < 4.78 is 22.3. The van der Waals surface area contributed by atoms with Gasteiger partial charge in [0.05, 0.1) is 29.0 Å². The summed E-state index contributed by atoms with van der Waals surface area (Å²) >= 11 is 0. The van der Waals surface area contributed by atoms with Crippen LogP contribution in [0.1, 0.15) is 41.1 Å². The van der Waals surface area contributed by atoms with Crippen LogP contribution in [0.15, 0.2) is 84.9 Å². The van der Waals surface area contributed by atoms with Gasteiger partial charge in [-0.2, -0.15) is 5.10 Å². The van der Waals surface area contributed by atoms with E-state index in [1.165, 1.54) is 34.7 Å². The van der Waals surface area contributed by atoms with Gasteiger partial charge in [-0.3, -0.25) is 5.10 Å². The number of halogens is 1. The molecule has 4 N–H and O–H groups in total. The number of ether oxygens (including phenoxy) is 1. The zero-order chi connectivity index (χ0) is 31.8. The standard InChI is InChI=1S/C34H29FN6O5/c35-27-14-23(36-18-22-8-4-5-9-25(22)21-10-11-21)15-30-31(27)39-40-41(30)24-12-13-26-28(16-24)37-38-29(26)19-46-34(32(42)43,33(44)45)17-20-6-2-1-3-7-20/h1-9,12-16,21,36H,10-11,17-19H2,(H,37,38)(H,42,43)(H,44,45). The van der Waals surface area contributed by atoms with Crippen molar-refractivity contribution in [2.24, 2.45) is 0 Å². The third-order valence-electron chi connectivity index (χ3n) is 8.37. The van der Waals surface area contributed by atoms with Gasteiger partial charge in [0, 0.05) is 24.0 Å². The minimum atomic E-state index is -2.51. The van der Waals surface area contributed by atoms with Gasteiger partial charge in [-0.15, -0.1) is 5.10 Å². The Morgan fingerprint density at radius 1 is 1.00 bits per heavy atom. The Balaban J connectivity index is 1.14. The van der Waals surface area contributed by atoms with Gasteiger partial charge in [-0.25, -0.2) is 18.7 Å². The topological polar surface area (TPSA) is 155 Å². The molecule has 12 heteroatoms. The molecule has 0 amide bonds. The van der Waals surface area contributed by atoms with Crippen LogP contribution < -0.4 is 5.32 Å². The molecule has 11 nitrogen and oxygen atoms in total. The molecule has 0 atom stereocenters. The number of aromatic nitrogens is 5. The number of aromatic amines is 1. The molecule has 232 valence electrons. The number of carboxylic acids is 2. The van der Waals surface area contributed by atoms with E-state index in [2.05, 4.69) is 38.0 Å². The smallest absolute Gasteiger partial charge is 0.348 e. The predicted octanol–water partition coefficient (Wildman–Crippen LogP) is 5.59. The molecule has 0 saturated heterocycles. The molecule has 0 radical (unpaired) electrons. The number of hydrogen-bond donors (Lipinski definition) is 4. The molecule has 1 saturated carbocycles. The second kappa shape index (κ2) is 11.7. The molecular formula is C34H29FN6O5. The summed E-state index contributed by atoms with van der Waals surface area (Å²) in [5.74, 6) is -3.13. The van der Waals surface area contributed by atoms with Gasteiger partial charge in [0.2, 0.25) is 0 Å². The van der Waals surface area contributed by atoms with Crippen LogP contribution in [0.5, 0.6) is 0 Å². The van der Waals surface area contributed by atoms with Crippen molar-refractivity contribution in [3.63, 3.8) is 0 Å². The van der Waals surface area contributed by atoms with Crippen molar-refractivity contribution in [1.29, 1.82) is 0 Å². The number of aliphatic carboxylic acids is 2. The lowest BCUT2D eigenvalue weighted by molar-refractivity contribution is -0.185. The van der Waals surface area contributed by atoms with E-state index in [9.17, 15) is 19.8 Å². The molecule has 2 aromatic heterocycles. The summed E-state index contributed by atoms with van der Waals surface area (Å²) in [6, 6.07) is 25.1. The van der Waals surface area contributed by atoms with Crippen molar-refractivity contribution in [3.8, 4) is 5.69 Å². The number of rotatable bonds is 12. The number of carbonyl (C=O) groups is 2. The van der Waals surface area contributed by atoms with E-state index < -0.39 is 23.4 Å². The quantitative estimate of drug-likeness (QED) is 0.128. The molecular weight excluding hydrogens is 591 g/mol. The molecule has 0 aliphatic heterocycles. The summed E-state index contributed by atoms with van der Waals surface area (Å²) in [6.45, 7) is 0.206. The highest BCUT2D eigenvalue weighted by Gasteiger charge is 2.48. The number of nitrogens with zero attached hydrogens (tertiary/aromatic N) is 4. The van der Waals surface area contributed by atoms with Crippen molar-refractivity contribution >= 4 is 39.6 Å². The fourth-order valence-electron chi connectivity index (χ4n) is 5.75. The first kappa shape index (κ1) is 29.1. The average molecular weight is 621 g/mol. The fourth-order valence-corrected chi connectivity index (χ4v) is 5.75. The maximum Gasteiger partial charge on any atom is 0.348 e. The van der Waals surface area contributed by atoms with Crippen LogP contribution in [0.3, 0.4) is 0 Å². The maximum absolute atomic E-state index is 15.1. The lowest BCUT2D eigenvalue weighted by Gasteiger charge is -2.25. The van der Waals surface area contributed by atoms with E-state index >= 15 is 4.39 Å². The summed E-state index contributed by atoms with van der Waals surface area (Å²) in [5.41, 5.74) is 3.15. The second-order valence-corrected chi connectivity index (χ2v) is 11.4. The molecule has 1 aliphatic rings. The second-order valence-electron chi connectivity index (χ2n) is 11.4. The van der Waals surface area contributed by atoms with Crippen molar-refractivity contribution in [2.45, 2.75) is 43.9 Å². The predicted molar refractivity (Wildman–Crippen MR) is 167 cm³/mol. The fraction of sp³-hybridized carbons (Fsp3) is 0.206. The lowest BCUT2D eigenvalue weighted by Crippen LogP contribution is -2.51. The number of carboxylic acid groups (broad SMARTS) is 2. The number of fused-ring (bicyclic) bond motifs is 2. The number of hydrogen-bond acceptors (Lipinski definition) is 7. The molecule has 4 aromatic carbocycles. The molecule has 2 heterocycles. The van der Waals surface area contributed by atoms with Crippen LogP contribution in [0.2, 0.25) is 0 Å². The number of H-pyrrole nitrogens is 1. The monoisotopic (exact) mass is 620 g/mol. The minimum absolute atomic E-state index is 0.122.